The number of rotatable bonds is 3. The predicted octanol–water partition coefficient (Wildman–Crippen LogP) is 6.33. The SMILES string of the molecule is Cc1ccc(Br)c(NCc2c(Cl)ccc(Cl)c2Cl)c1. The zero-order chi connectivity index (χ0) is 14.0. The maximum Gasteiger partial charge on any atom is 0.0657 e. The molecule has 0 aliphatic rings. The summed E-state index contributed by atoms with van der Waals surface area (Å²) in [6, 6.07) is 9.53. The number of hydrogen-bond donors (Lipinski definition) is 1. The summed E-state index contributed by atoms with van der Waals surface area (Å²) in [7, 11) is 0. The van der Waals surface area contributed by atoms with Crippen molar-refractivity contribution in [3.8, 4) is 0 Å². The Morgan fingerprint density at radius 2 is 1.74 bits per heavy atom. The van der Waals surface area contributed by atoms with E-state index in [4.69, 9.17) is 34.8 Å². The Morgan fingerprint density at radius 3 is 2.47 bits per heavy atom. The quantitative estimate of drug-likeness (QED) is 0.615. The van der Waals surface area contributed by atoms with E-state index in [0.29, 0.717) is 21.6 Å². The van der Waals surface area contributed by atoms with Gasteiger partial charge in [0.25, 0.3) is 0 Å². The van der Waals surface area contributed by atoms with E-state index in [2.05, 4.69) is 27.3 Å². The number of hydrogen-bond acceptors (Lipinski definition) is 1. The third-order valence-electron chi connectivity index (χ3n) is 2.72. The number of halogens is 4. The van der Waals surface area contributed by atoms with Crippen molar-refractivity contribution in [3.05, 3.63) is 61.0 Å². The van der Waals surface area contributed by atoms with Crippen LogP contribution in [-0.4, -0.2) is 0 Å². The molecule has 0 atom stereocenters. The Bertz CT molecular complexity index is 614. The molecule has 1 nitrogen and oxygen atoms in total. The van der Waals surface area contributed by atoms with Crippen molar-refractivity contribution in [1.82, 2.24) is 0 Å². The fourth-order valence-electron chi connectivity index (χ4n) is 1.69. The van der Waals surface area contributed by atoms with Gasteiger partial charge in [0.05, 0.1) is 10.0 Å². The molecule has 0 amide bonds. The van der Waals surface area contributed by atoms with Crippen LogP contribution >= 0.6 is 50.7 Å². The summed E-state index contributed by atoms with van der Waals surface area (Å²) in [5.74, 6) is 0. The molecule has 0 aliphatic heterocycles. The van der Waals surface area contributed by atoms with E-state index in [1.807, 2.05) is 19.1 Å². The van der Waals surface area contributed by atoms with Crippen LogP contribution in [0.5, 0.6) is 0 Å². The maximum absolute atomic E-state index is 6.17. The third kappa shape index (κ3) is 3.57. The predicted molar refractivity (Wildman–Crippen MR) is 87.7 cm³/mol. The summed E-state index contributed by atoms with van der Waals surface area (Å²) in [6.07, 6.45) is 0. The molecule has 0 heterocycles. The second-order valence-electron chi connectivity index (χ2n) is 4.16. The molecule has 2 aromatic rings. The molecule has 0 aliphatic carbocycles. The zero-order valence-electron chi connectivity index (χ0n) is 10.1. The highest BCUT2D eigenvalue weighted by molar-refractivity contribution is 9.10. The molecular formula is C14H11BrCl3N. The van der Waals surface area contributed by atoms with Crippen LogP contribution < -0.4 is 5.32 Å². The summed E-state index contributed by atoms with van der Waals surface area (Å²) in [4.78, 5) is 0. The first-order valence-corrected chi connectivity index (χ1v) is 7.54. The zero-order valence-corrected chi connectivity index (χ0v) is 14.0. The van der Waals surface area contributed by atoms with E-state index in [1.165, 1.54) is 5.56 Å². The first kappa shape index (κ1) is 15.0. The van der Waals surface area contributed by atoms with E-state index < -0.39 is 0 Å². The largest absolute Gasteiger partial charge is 0.380 e. The average molecular weight is 380 g/mol. The smallest absolute Gasteiger partial charge is 0.0657 e. The topological polar surface area (TPSA) is 12.0 Å². The Kier molecular flexibility index (Phi) is 5.02. The van der Waals surface area contributed by atoms with Gasteiger partial charge in [0.1, 0.15) is 0 Å². The number of nitrogens with one attached hydrogen (secondary N) is 1. The summed E-state index contributed by atoms with van der Waals surface area (Å²) in [5, 5.41) is 4.90. The van der Waals surface area contributed by atoms with E-state index >= 15 is 0 Å². The second kappa shape index (κ2) is 6.36. The van der Waals surface area contributed by atoms with Crippen molar-refractivity contribution < 1.29 is 0 Å². The van der Waals surface area contributed by atoms with Crippen molar-refractivity contribution in [2.75, 3.05) is 5.32 Å². The molecule has 2 aromatic carbocycles. The van der Waals surface area contributed by atoms with E-state index in [0.717, 1.165) is 15.7 Å². The van der Waals surface area contributed by atoms with Crippen molar-refractivity contribution in [2.24, 2.45) is 0 Å². The van der Waals surface area contributed by atoms with E-state index in [9.17, 15) is 0 Å². The minimum atomic E-state index is 0.491. The van der Waals surface area contributed by atoms with Crippen molar-refractivity contribution >= 4 is 56.4 Å². The van der Waals surface area contributed by atoms with Crippen LogP contribution in [0.3, 0.4) is 0 Å². The van der Waals surface area contributed by atoms with Crippen LogP contribution in [0.1, 0.15) is 11.1 Å². The molecular weight excluding hydrogens is 368 g/mol. The van der Waals surface area contributed by atoms with Crippen molar-refractivity contribution in [3.63, 3.8) is 0 Å². The summed E-state index contributed by atoms with van der Waals surface area (Å²) in [5.41, 5.74) is 2.96. The highest BCUT2D eigenvalue weighted by Gasteiger charge is 2.10. The highest BCUT2D eigenvalue weighted by Crippen LogP contribution is 2.32. The van der Waals surface area contributed by atoms with Gasteiger partial charge >= 0.3 is 0 Å². The molecule has 0 spiro atoms. The summed E-state index contributed by atoms with van der Waals surface area (Å²) < 4.78 is 0.993. The van der Waals surface area contributed by atoms with Gasteiger partial charge in [0, 0.05) is 27.3 Å². The molecule has 0 radical (unpaired) electrons. The number of benzene rings is 2. The van der Waals surface area contributed by atoms with E-state index in [1.54, 1.807) is 12.1 Å². The summed E-state index contributed by atoms with van der Waals surface area (Å²) >= 11 is 21.8. The van der Waals surface area contributed by atoms with Gasteiger partial charge in [-0.1, -0.05) is 40.9 Å². The standard InChI is InChI=1S/C14H11BrCl3N/c1-8-2-3-10(15)13(6-8)19-7-9-11(16)4-5-12(17)14(9)18/h2-6,19H,7H2,1H3. The van der Waals surface area contributed by atoms with Gasteiger partial charge in [-0.25, -0.2) is 0 Å². The van der Waals surface area contributed by atoms with E-state index in [-0.39, 0.29) is 0 Å². The minimum absolute atomic E-state index is 0.491. The fourth-order valence-corrected chi connectivity index (χ4v) is 2.76. The Morgan fingerprint density at radius 1 is 1.05 bits per heavy atom. The molecule has 100 valence electrons. The molecule has 5 heteroatoms. The van der Waals surface area contributed by atoms with Gasteiger partial charge < -0.3 is 5.32 Å². The average Bonchev–Trinajstić information content (AvgIpc) is 2.38. The lowest BCUT2D eigenvalue weighted by Gasteiger charge is -2.12. The third-order valence-corrected chi connectivity index (χ3v) is 4.61. The van der Waals surface area contributed by atoms with Gasteiger partial charge in [0.2, 0.25) is 0 Å². The van der Waals surface area contributed by atoms with Crippen molar-refractivity contribution in [2.45, 2.75) is 13.5 Å². The molecule has 0 saturated heterocycles. The molecule has 0 bridgehead atoms. The van der Waals surface area contributed by atoms with Gasteiger partial charge in [-0.15, -0.1) is 0 Å². The first-order valence-electron chi connectivity index (χ1n) is 5.61. The van der Waals surface area contributed by atoms with Gasteiger partial charge in [-0.05, 0) is 52.7 Å². The first-order chi connectivity index (χ1) is 8.99. The molecule has 0 fully saturated rings. The molecule has 2 rings (SSSR count). The van der Waals surface area contributed by atoms with Crippen LogP contribution in [0.2, 0.25) is 15.1 Å². The van der Waals surface area contributed by atoms with Crippen LogP contribution in [0.15, 0.2) is 34.8 Å². The molecule has 0 aromatic heterocycles. The van der Waals surface area contributed by atoms with Crippen molar-refractivity contribution in [1.29, 1.82) is 0 Å². The molecule has 1 N–H and O–H groups in total. The number of aryl methyl sites for hydroxylation is 1. The van der Waals surface area contributed by atoms with Crippen LogP contribution in [0.4, 0.5) is 5.69 Å². The summed E-state index contributed by atoms with van der Waals surface area (Å²) in [6.45, 7) is 2.55. The maximum atomic E-state index is 6.17. The fraction of sp³-hybridized carbons (Fsp3) is 0.143. The monoisotopic (exact) mass is 377 g/mol. The van der Waals surface area contributed by atoms with Crippen LogP contribution in [-0.2, 0) is 6.54 Å². The second-order valence-corrected chi connectivity index (χ2v) is 6.21. The lowest BCUT2D eigenvalue weighted by molar-refractivity contribution is 1.14. The van der Waals surface area contributed by atoms with Gasteiger partial charge in [-0.3, -0.25) is 0 Å². The molecule has 0 unspecified atom stereocenters. The van der Waals surface area contributed by atoms with Crippen LogP contribution in [0.25, 0.3) is 0 Å². The number of anilines is 1. The Balaban J connectivity index is 2.24. The normalized spacial score (nSPS) is 10.6. The highest BCUT2D eigenvalue weighted by atomic mass is 79.9. The molecule has 0 saturated carbocycles. The van der Waals surface area contributed by atoms with Gasteiger partial charge in [0.15, 0.2) is 0 Å². The lowest BCUT2D eigenvalue weighted by Crippen LogP contribution is -2.02. The minimum Gasteiger partial charge on any atom is -0.380 e. The van der Waals surface area contributed by atoms with Crippen LogP contribution in [0, 0.1) is 6.92 Å². The lowest BCUT2D eigenvalue weighted by atomic mass is 10.2. The Labute approximate surface area is 136 Å². The molecule has 19 heavy (non-hydrogen) atoms. The Hall–Kier alpha value is -0.410. The van der Waals surface area contributed by atoms with Gasteiger partial charge in [-0.2, -0.15) is 0 Å².